The van der Waals surface area contributed by atoms with Crippen molar-refractivity contribution in [3.8, 4) is 11.4 Å². The van der Waals surface area contributed by atoms with Crippen LogP contribution in [0.15, 0.2) is 42.5 Å². The van der Waals surface area contributed by atoms with Gasteiger partial charge in [0.15, 0.2) is 0 Å². The smallest absolute Gasteiger partial charge is 0.254 e. The Kier molecular flexibility index (Phi) is 4.10. The molecule has 1 heterocycles. The van der Waals surface area contributed by atoms with Gasteiger partial charge < -0.3 is 10.2 Å². The molecular weight excluding hydrogens is 347 g/mol. The fraction of sp³-hybridized carbons (Fsp3) is 0.263. The molecule has 7 nitrogen and oxygen atoms in total. The molecule has 3 aromatic rings. The van der Waals surface area contributed by atoms with Crippen LogP contribution < -0.4 is 10.2 Å². The van der Waals surface area contributed by atoms with Gasteiger partial charge in [0.1, 0.15) is 5.82 Å². The molecule has 0 saturated heterocycles. The van der Waals surface area contributed by atoms with Crippen LogP contribution in [0, 0.1) is 5.82 Å². The zero-order valence-electron chi connectivity index (χ0n) is 15.0. The lowest BCUT2D eigenvalue weighted by Gasteiger charge is -2.19. The summed E-state index contributed by atoms with van der Waals surface area (Å²) in [7, 11) is 3.65. The largest absolute Gasteiger partial charge is 0.378 e. The van der Waals surface area contributed by atoms with Gasteiger partial charge in [0.25, 0.3) is 5.91 Å². The van der Waals surface area contributed by atoms with Crippen molar-refractivity contribution in [1.29, 1.82) is 0 Å². The van der Waals surface area contributed by atoms with Crippen LogP contribution in [-0.4, -0.2) is 40.6 Å². The van der Waals surface area contributed by atoms with Gasteiger partial charge in [0.2, 0.25) is 5.82 Å². The Morgan fingerprint density at radius 3 is 2.67 bits per heavy atom. The first-order valence-electron chi connectivity index (χ1n) is 8.62. The Balaban J connectivity index is 1.58. The molecule has 1 aromatic heterocycles. The molecule has 0 unspecified atom stereocenters. The highest BCUT2D eigenvalue weighted by Gasteiger charge is 2.46. The van der Waals surface area contributed by atoms with E-state index in [2.05, 4.69) is 25.9 Å². The Bertz CT molecular complexity index is 982. The zero-order valence-corrected chi connectivity index (χ0v) is 15.0. The number of halogens is 1. The number of aromatic amines is 1. The second-order valence-electron chi connectivity index (χ2n) is 6.91. The Labute approximate surface area is 155 Å². The minimum absolute atomic E-state index is 0.0428. The molecule has 2 aromatic carbocycles. The molecule has 138 valence electrons. The second-order valence-corrected chi connectivity index (χ2v) is 6.91. The predicted octanol–water partition coefficient (Wildman–Crippen LogP) is 2.49. The first kappa shape index (κ1) is 17.1. The standard InChI is InChI=1S/C19H19FN6O/c1-26(2)14-6-7-15(16(20)11-14)18(27)21-19(8-9-19)13-5-3-4-12(10-13)17-22-24-25-23-17/h3-7,10-11H,8-9H2,1-2H3,(H,21,27)(H,22,23,24,25). The van der Waals surface area contributed by atoms with Crippen LogP contribution in [0.1, 0.15) is 28.8 Å². The Morgan fingerprint density at radius 1 is 1.22 bits per heavy atom. The maximum Gasteiger partial charge on any atom is 0.254 e. The lowest BCUT2D eigenvalue weighted by molar-refractivity contribution is 0.0926. The number of tetrazole rings is 1. The highest BCUT2D eigenvalue weighted by Crippen LogP contribution is 2.46. The number of hydrogen-bond acceptors (Lipinski definition) is 5. The van der Waals surface area contributed by atoms with Crippen molar-refractivity contribution in [3.63, 3.8) is 0 Å². The van der Waals surface area contributed by atoms with Gasteiger partial charge in [-0.2, -0.15) is 5.21 Å². The Hall–Kier alpha value is -3.29. The number of nitrogens with one attached hydrogen (secondary N) is 2. The summed E-state index contributed by atoms with van der Waals surface area (Å²) in [5.74, 6) is -0.459. The molecule has 0 aliphatic heterocycles. The number of nitrogens with zero attached hydrogens (tertiary/aromatic N) is 4. The van der Waals surface area contributed by atoms with E-state index in [0.717, 1.165) is 24.0 Å². The maximum absolute atomic E-state index is 14.4. The van der Waals surface area contributed by atoms with E-state index < -0.39 is 17.3 Å². The van der Waals surface area contributed by atoms with Crippen molar-refractivity contribution in [2.24, 2.45) is 0 Å². The van der Waals surface area contributed by atoms with Crippen molar-refractivity contribution in [2.45, 2.75) is 18.4 Å². The van der Waals surface area contributed by atoms with Crippen LogP contribution in [-0.2, 0) is 5.54 Å². The first-order valence-corrected chi connectivity index (χ1v) is 8.62. The van der Waals surface area contributed by atoms with Crippen LogP contribution in [0.4, 0.5) is 10.1 Å². The quantitative estimate of drug-likeness (QED) is 0.724. The van der Waals surface area contributed by atoms with Crippen LogP contribution >= 0.6 is 0 Å². The van der Waals surface area contributed by atoms with Crippen molar-refractivity contribution in [2.75, 3.05) is 19.0 Å². The van der Waals surface area contributed by atoms with Gasteiger partial charge in [-0.3, -0.25) is 4.79 Å². The molecule has 0 radical (unpaired) electrons. The van der Waals surface area contributed by atoms with Crippen molar-refractivity contribution in [1.82, 2.24) is 25.9 Å². The fourth-order valence-corrected chi connectivity index (χ4v) is 3.10. The molecule has 0 atom stereocenters. The van der Waals surface area contributed by atoms with Crippen LogP contribution in [0.2, 0.25) is 0 Å². The van der Waals surface area contributed by atoms with Gasteiger partial charge in [-0.05, 0) is 47.9 Å². The van der Waals surface area contributed by atoms with Gasteiger partial charge >= 0.3 is 0 Å². The molecule has 0 bridgehead atoms. The lowest BCUT2D eigenvalue weighted by Crippen LogP contribution is -2.35. The molecule has 8 heteroatoms. The lowest BCUT2D eigenvalue weighted by atomic mass is 10.0. The minimum atomic E-state index is -0.532. The molecule has 1 aliphatic carbocycles. The minimum Gasteiger partial charge on any atom is -0.378 e. The van der Waals surface area contributed by atoms with E-state index in [1.807, 2.05) is 38.4 Å². The summed E-state index contributed by atoms with van der Waals surface area (Å²) in [6.45, 7) is 0. The van der Waals surface area contributed by atoms with Crippen molar-refractivity contribution in [3.05, 3.63) is 59.4 Å². The average Bonchev–Trinajstić information content (AvgIpc) is 3.23. The number of hydrogen-bond donors (Lipinski definition) is 2. The summed E-state index contributed by atoms with van der Waals surface area (Å²) in [5.41, 5.74) is 2.02. The van der Waals surface area contributed by atoms with Crippen molar-refractivity contribution >= 4 is 11.6 Å². The number of anilines is 1. The van der Waals surface area contributed by atoms with Gasteiger partial charge in [-0.15, -0.1) is 10.2 Å². The summed E-state index contributed by atoms with van der Waals surface area (Å²) in [4.78, 5) is 14.5. The van der Waals surface area contributed by atoms with Crippen LogP contribution in [0.5, 0.6) is 0 Å². The molecule has 4 rings (SSSR count). The summed E-state index contributed by atoms with van der Waals surface area (Å²) in [5, 5.41) is 17.0. The normalized spacial score (nSPS) is 14.6. The number of H-pyrrole nitrogens is 1. The molecule has 1 aliphatic rings. The molecule has 1 fully saturated rings. The topological polar surface area (TPSA) is 86.8 Å². The number of carbonyl (C=O) groups excluding carboxylic acids is 1. The number of rotatable bonds is 5. The van der Waals surface area contributed by atoms with Crippen LogP contribution in [0.3, 0.4) is 0 Å². The third kappa shape index (κ3) is 3.25. The van der Waals surface area contributed by atoms with Gasteiger partial charge in [-0.25, -0.2) is 4.39 Å². The van der Waals surface area contributed by atoms with E-state index in [4.69, 9.17) is 0 Å². The summed E-state index contributed by atoms with van der Waals surface area (Å²) in [6, 6.07) is 12.3. The van der Waals surface area contributed by atoms with E-state index in [-0.39, 0.29) is 5.56 Å². The summed E-state index contributed by atoms with van der Waals surface area (Å²) >= 11 is 0. The highest BCUT2D eigenvalue weighted by atomic mass is 19.1. The summed E-state index contributed by atoms with van der Waals surface area (Å²) in [6.07, 6.45) is 1.59. The molecule has 0 spiro atoms. The number of benzene rings is 2. The monoisotopic (exact) mass is 366 g/mol. The van der Waals surface area contributed by atoms with Gasteiger partial charge in [-0.1, -0.05) is 18.2 Å². The van der Waals surface area contributed by atoms with E-state index in [9.17, 15) is 9.18 Å². The molecule has 1 saturated carbocycles. The molecule has 27 heavy (non-hydrogen) atoms. The third-order valence-electron chi connectivity index (χ3n) is 4.84. The number of carbonyl (C=O) groups is 1. The fourth-order valence-electron chi connectivity index (χ4n) is 3.10. The molecule has 1 amide bonds. The first-order chi connectivity index (χ1) is 13.0. The molecule has 2 N–H and O–H groups in total. The molecular formula is C19H19FN6O. The van der Waals surface area contributed by atoms with Crippen molar-refractivity contribution < 1.29 is 9.18 Å². The maximum atomic E-state index is 14.4. The van der Waals surface area contributed by atoms with E-state index >= 15 is 0 Å². The SMILES string of the molecule is CN(C)c1ccc(C(=O)NC2(c3cccc(-c4nn[nH]n4)c3)CC2)c(F)c1. The van der Waals surface area contributed by atoms with E-state index in [1.165, 1.54) is 12.1 Å². The average molecular weight is 366 g/mol. The predicted molar refractivity (Wildman–Crippen MR) is 98.7 cm³/mol. The van der Waals surface area contributed by atoms with Gasteiger partial charge in [0, 0.05) is 25.3 Å². The van der Waals surface area contributed by atoms with E-state index in [1.54, 1.807) is 11.0 Å². The zero-order chi connectivity index (χ0) is 19.0. The number of amides is 1. The number of aromatic nitrogens is 4. The van der Waals surface area contributed by atoms with Crippen LogP contribution in [0.25, 0.3) is 11.4 Å². The highest BCUT2D eigenvalue weighted by molar-refractivity contribution is 5.95. The Morgan fingerprint density at radius 2 is 2.04 bits per heavy atom. The van der Waals surface area contributed by atoms with E-state index in [0.29, 0.717) is 11.5 Å². The van der Waals surface area contributed by atoms with Gasteiger partial charge in [0.05, 0.1) is 11.1 Å². The second kappa shape index (κ2) is 6.46. The summed E-state index contributed by atoms with van der Waals surface area (Å²) < 4.78 is 14.4. The third-order valence-corrected chi connectivity index (χ3v) is 4.84.